The average Bonchev–Trinajstić information content (AvgIpc) is 3.08. The fourth-order valence-corrected chi connectivity index (χ4v) is 5.05. The minimum atomic E-state index is -1.60. The van der Waals surface area contributed by atoms with Crippen molar-refractivity contribution in [2.75, 3.05) is 5.88 Å². The van der Waals surface area contributed by atoms with Crippen molar-refractivity contribution in [3.63, 3.8) is 0 Å². The van der Waals surface area contributed by atoms with Gasteiger partial charge in [0.15, 0.2) is 6.10 Å². The topological polar surface area (TPSA) is 107 Å². The second-order valence-electron chi connectivity index (χ2n) is 8.46. The number of aryl methyl sites for hydroxylation is 1. The maximum atomic E-state index is 13.2. The Morgan fingerprint density at radius 2 is 1.75 bits per heavy atom. The summed E-state index contributed by atoms with van der Waals surface area (Å²) >= 11 is 1.34. The van der Waals surface area contributed by atoms with Gasteiger partial charge in [0.2, 0.25) is 0 Å². The largest absolute Gasteiger partial charge is 0.480 e. The van der Waals surface area contributed by atoms with Crippen molar-refractivity contribution in [2.45, 2.75) is 50.1 Å². The molecule has 2 aromatic carbocycles. The number of thioether (sulfide) groups is 1. The highest BCUT2D eigenvalue weighted by molar-refractivity contribution is 8.00. The number of benzene rings is 2. The molecular weight excluding hydrogens is 428 g/mol. The van der Waals surface area contributed by atoms with Crippen LogP contribution in [0.15, 0.2) is 54.6 Å². The maximum absolute atomic E-state index is 13.2. The molecule has 7 nitrogen and oxygen atoms in total. The molecule has 3 N–H and O–H groups in total. The van der Waals surface area contributed by atoms with Gasteiger partial charge in [-0.25, -0.2) is 4.79 Å². The lowest BCUT2D eigenvalue weighted by Crippen LogP contribution is -2.57. The van der Waals surface area contributed by atoms with Crippen LogP contribution in [0.25, 0.3) is 0 Å². The minimum absolute atomic E-state index is 0.156. The fourth-order valence-electron chi connectivity index (χ4n) is 3.91. The second-order valence-corrected chi connectivity index (χ2v) is 10.1. The Morgan fingerprint density at radius 3 is 2.38 bits per heavy atom. The number of carboxylic acid groups (broad SMARTS) is 1. The number of rotatable bonds is 7. The third-order valence-electron chi connectivity index (χ3n) is 5.70. The molecular formula is C24H28N2O5S. The Balaban J connectivity index is 1.86. The van der Waals surface area contributed by atoms with Crippen molar-refractivity contribution in [3.05, 3.63) is 71.3 Å². The number of aliphatic hydroxyl groups is 1. The predicted octanol–water partition coefficient (Wildman–Crippen LogP) is 2.46. The number of hydrogen-bond acceptors (Lipinski definition) is 5. The lowest BCUT2D eigenvalue weighted by atomic mass is 9.97. The van der Waals surface area contributed by atoms with Crippen LogP contribution in [0.3, 0.4) is 0 Å². The van der Waals surface area contributed by atoms with E-state index in [-0.39, 0.29) is 12.3 Å². The van der Waals surface area contributed by atoms with E-state index in [1.807, 2.05) is 49.4 Å². The fraction of sp³-hybridized carbons (Fsp3) is 0.375. The van der Waals surface area contributed by atoms with Gasteiger partial charge in [-0.1, -0.05) is 48.5 Å². The average molecular weight is 457 g/mol. The highest BCUT2D eigenvalue weighted by Gasteiger charge is 2.50. The summed E-state index contributed by atoms with van der Waals surface area (Å²) in [6.45, 7) is 5.33. The van der Waals surface area contributed by atoms with Crippen LogP contribution in [0, 0.1) is 6.92 Å². The zero-order valence-corrected chi connectivity index (χ0v) is 19.1. The van der Waals surface area contributed by atoms with Crippen molar-refractivity contribution < 1.29 is 24.6 Å². The normalized spacial score (nSPS) is 19.2. The Morgan fingerprint density at radius 1 is 1.12 bits per heavy atom. The van der Waals surface area contributed by atoms with E-state index in [4.69, 9.17) is 0 Å². The highest BCUT2D eigenvalue weighted by Crippen LogP contribution is 2.39. The third kappa shape index (κ3) is 5.14. The summed E-state index contributed by atoms with van der Waals surface area (Å²) in [5.74, 6) is -2.07. The van der Waals surface area contributed by atoms with Gasteiger partial charge in [0.05, 0.1) is 11.9 Å². The molecule has 2 amide bonds. The van der Waals surface area contributed by atoms with Gasteiger partial charge in [-0.3, -0.25) is 9.59 Å². The molecule has 2 aromatic rings. The third-order valence-corrected chi connectivity index (χ3v) is 7.08. The van der Waals surface area contributed by atoms with E-state index < -0.39 is 40.7 Å². The van der Waals surface area contributed by atoms with Crippen LogP contribution in [-0.2, 0) is 16.0 Å². The van der Waals surface area contributed by atoms with Gasteiger partial charge >= 0.3 is 5.97 Å². The SMILES string of the molecule is Cc1ccccc1C(=O)NC(Cc1ccccc1)C(O)C(=O)N1CSC(C)(C)C1C(=O)O. The van der Waals surface area contributed by atoms with Crippen molar-refractivity contribution in [1.82, 2.24) is 10.2 Å². The van der Waals surface area contributed by atoms with Crippen molar-refractivity contribution in [3.8, 4) is 0 Å². The number of amides is 2. The molecule has 0 aliphatic carbocycles. The minimum Gasteiger partial charge on any atom is -0.480 e. The molecule has 3 atom stereocenters. The monoisotopic (exact) mass is 456 g/mol. The summed E-state index contributed by atoms with van der Waals surface area (Å²) < 4.78 is -0.694. The molecule has 3 rings (SSSR count). The highest BCUT2D eigenvalue weighted by atomic mass is 32.2. The molecule has 0 saturated carbocycles. The van der Waals surface area contributed by atoms with E-state index in [1.165, 1.54) is 16.7 Å². The molecule has 1 fully saturated rings. The number of carbonyl (C=O) groups excluding carboxylic acids is 2. The summed E-state index contributed by atoms with van der Waals surface area (Å²) in [5.41, 5.74) is 2.06. The number of carbonyl (C=O) groups is 3. The number of aliphatic hydroxyl groups excluding tert-OH is 1. The Kier molecular flexibility index (Phi) is 7.26. The molecule has 1 heterocycles. The van der Waals surface area contributed by atoms with Crippen molar-refractivity contribution in [1.29, 1.82) is 0 Å². The first-order valence-corrected chi connectivity index (χ1v) is 11.4. The number of nitrogens with zero attached hydrogens (tertiary/aromatic N) is 1. The number of nitrogens with one attached hydrogen (secondary N) is 1. The van der Waals surface area contributed by atoms with Crippen LogP contribution in [0.4, 0.5) is 0 Å². The molecule has 170 valence electrons. The maximum Gasteiger partial charge on any atom is 0.327 e. The molecule has 1 aliphatic rings. The van der Waals surface area contributed by atoms with Crippen LogP contribution >= 0.6 is 11.8 Å². The van der Waals surface area contributed by atoms with E-state index in [1.54, 1.807) is 26.0 Å². The van der Waals surface area contributed by atoms with E-state index in [9.17, 15) is 24.6 Å². The standard InChI is InChI=1S/C24H28N2O5S/c1-15-9-7-8-12-17(15)21(28)25-18(13-16-10-5-4-6-11-16)19(27)22(29)26-14-32-24(2,3)20(26)23(30)31/h4-12,18-20,27H,13-14H2,1-3H3,(H,25,28)(H,30,31). The molecule has 0 bridgehead atoms. The van der Waals surface area contributed by atoms with Gasteiger partial charge in [-0.15, -0.1) is 11.8 Å². The van der Waals surface area contributed by atoms with Crippen LogP contribution in [0.2, 0.25) is 0 Å². The predicted molar refractivity (Wildman–Crippen MR) is 123 cm³/mol. The van der Waals surface area contributed by atoms with Gasteiger partial charge in [0, 0.05) is 10.3 Å². The molecule has 32 heavy (non-hydrogen) atoms. The van der Waals surface area contributed by atoms with E-state index in [0.29, 0.717) is 5.56 Å². The van der Waals surface area contributed by atoms with Crippen LogP contribution in [0.5, 0.6) is 0 Å². The van der Waals surface area contributed by atoms with Gasteiger partial charge in [0.25, 0.3) is 11.8 Å². The van der Waals surface area contributed by atoms with Crippen LogP contribution < -0.4 is 5.32 Å². The zero-order chi connectivity index (χ0) is 23.5. The second kappa shape index (κ2) is 9.75. The number of aliphatic carboxylic acids is 1. The quantitative estimate of drug-likeness (QED) is 0.591. The van der Waals surface area contributed by atoms with E-state index in [2.05, 4.69) is 5.32 Å². The molecule has 1 saturated heterocycles. The Bertz CT molecular complexity index is 995. The first kappa shape index (κ1) is 23.8. The lowest BCUT2D eigenvalue weighted by Gasteiger charge is -2.31. The van der Waals surface area contributed by atoms with Gasteiger partial charge < -0.3 is 20.4 Å². The first-order valence-electron chi connectivity index (χ1n) is 10.4. The van der Waals surface area contributed by atoms with Gasteiger partial charge in [-0.2, -0.15) is 0 Å². The summed E-state index contributed by atoms with van der Waals surface area (Å²) in [5, 5.41) is 23.5. The smallest absolute Gasteiger partial charge is 0.327 e. The molecule has 0 spiro atoms. The Hall–Kier alpha value is -2.84. The molecule has 8 heteroatoms. The molecule has 0 radical (unpaired) electrons. The van der Waals surface area contributed by atoms with Crippen molar-refractivity contribution >= 4 is 29.5 Å². The Labute approximate surface area is 191 Å². The van der Waals surface area contributed by atoms with Crippen molar-refractivity contribution in [2.24, 2.45) is 0 Å². The molecule has 3 unspecified atom stereocenters. The van der Waals surface area contributed by atoms with Gasteiger partial charge in [0.1, 0.15) is 6.04 Å². The van der Waals surface area contributed by atoms with E-state index >= 15 is 0 Å². The molecule has 0 aromatic heterocycles. The van der Waals surface area contributed by atoms with Gasteiger partial charge in [-0.05, 0) is 44.4 Å². The summed E-state index contributed by atoms with van der Waals surface area (Å²) in [6, 6.07) is 14.3. The van der Waals surface area contributed by atoms with Crippen LogP contribution in [0.1, 0.15) is 35.3 Å². The molecule has 1 aliphatic heterocycles. The van der Waals surface area contributed by atoms with E-state index in [0.717, 1.165) is 11.1 Å². The summed E-state index contributed by atoms with van der Waals surface area (Å²) in [4.78, 5) is 39.2. The zero-order valence-electron chi connectivity index (χ0n) is 18.3. The number of hydrogen-bond donors (Lipinski definition) is 3. The number of carboxylic acids is 1. The van der Waals surface area contributed by atoms with Crippen LogP contribution in [-0.4, -0.2) is 61.7 Å². The summed E-state index contributed by atoms with van der Waals surface area (Å²) in [6.07, 6.45) is -1.38. The summed E-state index contributed by atoms with van der Waals surface area (Å²) in [7, 11) is 0. The first-order chi connectivity index (χ1) is 15.1. The lowest BCUT2D eigenvalue weighted by molar-refractivity contribution is -0.154.